The maximum absolute atomic E-state index is 13.4. The number of methoxy groups -OCH3 is 2. The molecule has 0 spiro atoms. The lowest BCUT2D eigenvalue weighted by atomic mass is 9.99. The molecular weight excluding hydrogens is 259 g/mol. The molecular formula is C16H17FO3. The Morgan fingerprint density at radius 1 is 1.05 bits per heavy atom. The second-order valence-electron chi connectivity index (χ2n) is 4.57. The molecule has 0 radical (unpaired) electrons. The van der Waals surface area contributed by atoms with Gasteiger partial charge in [-0.25, -0.2) is 4.39 Å². The van der Waals surface area contributed by atoms with E-state index in [1.54, 1.807) is 38.3 Å². The van der Waals surface area contributed by atoms with Crippen LogP contribution in [0.5, 0.6) is 11.5 Å². The van der Waals surface area contributed by atoms with Crippen LogP contribution in [0.2, 0.25) is 0 Å². The van der Waals surface area contributed by atoms with Crippen LogP contribution in [0.15, 0.2) is 36.4 Å². The molecule has 0 aromatic heterocycles. The maximum atomic E-state index is 13.4. The summed E-state index contributed by atoms with van der Waals surface area (Å²) in [5.74, 6) is 0.763. The quantitative estimate of drug-likeness (QED) is 0.931. The van der Waals surface area contributed by atoms with Gasteiger partial charge in [0.2, 0.25) is 0 Å². The molecule has 1 N–H and O–H groups in total. The fourth-order valence-corrected chi connectivity index (χ4v) is 2.15. The van der Waals surface area contributed by atoms with Gasteiger partial charge in [-0.3, -0.25) is 0 Å². The van der Waals surface area contributed by atoms with Gasteiger partial charge in [0.1, 0.15) is 23.4 Å². The molecule has 0 heterocycles. The van der Waals surface area contributed by atoms with E-state index in [2.05, 4.69) is 0 Å². The van der Waals surface area contributed by atoms with Gasteiger partial charge in [-0.05, 0) is 42.3 Å². The highest BCUT2D eigenvalue weighted by atomic mass is 19.1. The van der Waals surface area contributed by atoms with Crippen molar-refractivity contribution in [1.29, 1.82) is 0 Å². The summed E-state index contributed by atoms with van der Waals surface area (Å²) in [6.07, 6.45) is -0.953. The first-order valence-corrected chi connectivity index (χ1v) is 6.22. The van der Waals surface area contributed by atoms with Gasteiger partial charge in [0, 0.05) is 11.6 Å². The van der Waals surface area contributed by atoms with Crippen molar-refractivity contribution in [3.05, 3.63) is 58.9 Å². The second-order valence-corrected chi connectivity index (χ2v) is 4.57. The molecule has 0 amide bonds. The van der Waals surface area contributed by atoms with E-state index < -0.39 is 6.10 Å². The Morgan fingerprint density at radius 2 is 1.80 bits per heavy atom. The molecule has 3 nitrogen and oxygen atoms in total. The normalized spacial score (nSPS) is 12.1. The number of ether oxygens (including phenoxy) is 2. The minimum atomic E-state index is -0.953. The van der Waals surface area contributed by atoms with Gasteiger partial charge in [0.25, 0.3) is 0 Å². The zero-order valence-electron chi connectivity index (χ0n) is 11.7. The number of halogens is 1. The van der Waals surface area contributed by atoms with Crippen molar-refractivity contribution >= 4 is 0 Å². The van der Waals surface area contributed by atoms with Crippen LogP contribution in [0.25, 0.3) is 0 Å². The average Bonchev–Trinajstić information content (AvgIpc) is 2.44. The minimum Gasteiger partial charge on any atom is -0.497 e. The van der Waals surface area contributed by atoms with Gasteiger partial charge in [0.05, 0.1) is 14.2 Å². The molecule has 2 aromatic rings. The van der Waals surface area contributed by atoms with Crippen molar-refractivity contribution < 1.29 is 19.0 Å². The van der Waals surface area contributed by atoms with Crippen molar-refractivity contribution in [3.8, 4) is 11.5 Å². The molecule has 106 valence electrons. The van der Waals surface area contributed by atoms with E-state index in [0.717, 1.165) is 5.56 Å². The average molecular weight is 276 g/mol. The van der Waals surface area contributed by atoms with Gasteiger partial charge in [-0.2, -0.15) is 0 Å². The Labute approximate surface area is 117 Å². The molecule has 0 saturated heterocycles. The van der Waals surface area contributed by atoms with Gasteiger partial charge in [0.15, 0.2) is 0 Å². The number of hydrogen-bond donors (Lipinski definition) is 1. The summed E-state index contributed by atoms with van der Waals surface area (Å²) in [6.45, 7) is 1.78. The summed E-state index contributed by atoms with van der Waals surface area (Å²) in [7, 11) is 3.07. The van der Waals surface area contributed by atoms with E-state index in [9.17, 15) is 9.50 Å². The van der Waals surface area contributed by atoms with Crippen molar-refractivity contribution in [2.45, 2.75) is 13.0 Å². The fourth-order valence-electron chi connectivity index (χ4n) is 2.15. The van der Waals surface area contributed by atoms with Crippen LogP contribution >= 0.6 is 0 Å². The van der Waals surface area contributed by atoms with Crippen LogP contribution in [-0.4, -0.2) is 19.3 Å². The van der Waals surface area contributed by atoms with Crippen LogP contribution in [0.4, 0.5) is 4.39 Å². The smallest absolute Gasteiger partial charge is 0.128 e. The third-order valence-electron chi connectivity index (χ3n) is 3.12. The Bertz CT molecular complexity index is 590. The molecule has 20 heavy (non-hydrogen) atoms. The number of aliphatic hydroxyl groups excluding tert-OH is 1. The summed E-state index contributed by atoms with van der Waals surface area (Å²) in [5, 5.41) is 10.4. The SMILES string of the molecule is COc1ccc(C(O)c2cc(C)cc(F)c2)c(OC)c1. The molecule has 0 aliphatic carbocycles. The Morgan fingerprint density at radius 3 is 2.40 bits per heavy atom. The highest BCUT2D eigenvalue weighted by Gasteiger charge is 2.17. The van der Waals surface area contributed by atoms with E-state index >= 15 is 0 Å². The van der Waals surface area contributed by atoms with E-state index in [-0.39, 0.29) is 5.82 Å². The third kappa shape index (κ3) is 2.91. The van der Waals surface area contributed by atoms with Crippen LogP contribution in [0, 0.1) is 12.7 Å². The van der Waals surface area contributed by atoms with Crippen molar-refractivity contribution in [2.75, 3.05) is 14.2 Å². The molecule has 1 unspecified atom stereocenters. The highest BCUT2D eigenvalue weighted by Crippen LogP contribution is 2.33. The summed E-state index contributed by atoms with van der Waals surface area (Å²) in [4.78, 5) is 0. The summed E-state index contributed by atoms with van der Waals surface area (Å²) >= 11 is 0. The van der Waals surface area contributed by atoms with Gasteiger partial charge in [-0.15, -0.1) is 0 Å². The standard InChI is InChI=1S/C16H17FO3/c1-10-6-11(8-12(17)7-10)16(18)14-5-4-13(19-2)9-15(14)20-3/h4-9,16,18H,1-3H3. The van der Waals surface area contributed by atoms with E-state index in [0.29, 0.717) is 22.6 Å². The first-order chi connectivity index (χ1) is 9.55. The maximum Gasteiger partial charge on any atom is 0.128 e. The van der Waals surface area contributed by atoms with E-state index in [4.69, 9.17) is 9.47 Å². The third-order valence-corrected chi connectivity index (χ3v) is 3.12. The molecule has 1 atom stereocenters. The lowest BCUT2D eigenvalue weighted by molar-refractivity contribution is 0.214. The van der Waals surface area contributed by atoms with Crippen LogP contribution < -0.4 is 9.47 Å². The summed E-state index contributed by atoms with van der Waals surface area (Å²) in [5.41, 5.74) is 1.82. The lowest BCUT2D eigenvalue weighted by Gasteiger charge is -2.16. The number of rotatable bonds is 4. The Balaban J connectivity index is 2.44. The predicted molar refractivity (Wildman–Crippen MR) is 74.7 cm³/mol. The van der Waals surface area contributed by atoms with Gasteiger partial charge >= 0.3 is 0 Å². The van der Waals surface area contributed by atoms with Crippen LogP contribution in [-0.2, 0) is 0 Å². The van der Waals surface area contributed by atoms with Gasteiger partial charge in [-0.1, -0.05) is 6.07 Å². The van der Waals surface area contributed by atoms with E-state index in [1.807, 2.05) is 0 Å². The van der Waals surface area contributed by atoms with Crippen molar-refractivity contribution in [1.82, 2.24) is 0 Å². The molecule has 2 rings (SSSR count). The molecule has 4 heteroatoms. The molecule has 0 fully saturated rings. The Hall–Kier alpha value is -2.07. The molecule has 0 bridgehead atoms. The minimum absolute atomic E-state index is 0.369. The largest absolute Gasteiger partial charge is 0.497 e. The number of aliphatic hydroxyl groups is 1. The number of hydrogen-bond acceptors (Lipinski definition) is 3. The van der Waals surface area contributed by atoms with Crippen molar-refractivity contribution in [3.63, 3.8) is 0 Å². The van der Waals surface area contributed by atoms with E-state index in [1.165, 1.54) is 19.2 Å². The summed E-state index contributed by atoms with van der Waals surface area (Å²) in [6, 6.07) is 9.61. The predicted octanol–water partition coefficient (Wildman–Crippen LogP) is 3.23. The summed E-state index contributed by atoms with van der Waals surface area (Å²) < 4.78 is 23.8. The van der Waals surface area contributed by atoms with Crippen molar-refractivity contribution in [2.24, 2.45) is 0 Å². The highest BCUT2D eigenvalue weighted by molar-refractivity contribution is 5.45. The fraction of sp³-hybridized carbons (Fsp3) is 0.250. The lowest BCUT2D eigenvalue weighted by Crippen LogP contribution is -2.03. The molecule has 0 saturated carbocycles. The second kappa shape index (κ2) is 5.92. The van der Waals surface area contributed by atoms with Crippen LogP contribution in [0.1, 0.15) is 22.8 Å². The van der Waals surface area contributed by atoms with Crippen LogP contribution in [0.3, 0.4) is 0 Å². The zero-order valence-corrected chi connectivity index (χ0v) is 11.7. The molecule has 2 aromatic carbocycles. The molecule has 0 aliphatic rings. The molecule has 0 aliphatic heterocycles. The monoisotopic (exact) mass is 276 g/mol. The first kappa shape index (κ1) is 14.3. The zero-order chi connectivity index (χ0) is 14.7. The Kier molecular flexibility index (Phi) is 4.25. The number of benzene rings is 2. The topological polar surface area (TPSA) is 38.7 Å². The number of aryl methyl sites for hydroxylation is 1. The first-order valence-electron chi connectivity index (χ1n) is 6.22. The van der Waals surface area contributed by atoms with Gasteiger partial charge < -0.3 is 14.6 Å².